The highest BCUT2D eigenvalue weighted by Gasteiger charge is 2.34. The van der Waals surface area contributed by atoms with Gasteiger partial charge in [0.15, 0.2) is 5.96 Å². The number of nitrogens with zero attached hydrogens (tertiary/aromatic N) is 3. The van der Waals surface area contributed by atoms with E-state index in [1.54, 1.807) is 6.20 Å². The van der Waals surface area contributed by atoms with Crippen molar-refractivity contribution in [2.45, 2.75) is 58.6 Å². The molecule has 27 heavy (non-hydrogen) atoms. The summed E-state index contributed by atoms with van der Waals surface area (Å²) >= 11 is 0. The van der Waals surface area contributed by atoms with E-state index in [-0.39, 0.29) is 6.09 Å². The summed E-state index contributed by atoms with van der Waals surface area (Å²) in [5.41, 5.74) is 0.557. The quantitative estimate of drug-likeness (QED) is 0.539. The number of amides is 1. The third kappa shape index (κ3) is 8.28. The van der Waals surface area contributed by atoms with Crippen molar-refractivity contribution < 1.29 is 9.53 Å². The Morgan fingerprint density at radius 2 is 2.11 bits per heavy atom. The van der Waals surface area contributed by atoms with Gasteiger partial charge in [0, 0.05) is 50.5 Å². The molecule has 0 bridgehead atoms. The van der Waals surface area contributed by atoms with Crippen LogP contribution >= 0.6 is 0 Å². The molecule has 1 amide bonds. The molecule has 1 aromatic rings. The fourth-order valence-corrected chi connectivity index (χ4v) is 2.59. The number of carbonyl (C=O) groups excluding carboxylic acids is 1. The molecule has 2 rings (SSSR count). The number of rotatable bonds is 8. The number of aromatic nitrogens is 1. The van der Waals surface area contributed by atoms with E-state index in [9.17, 15) is 4.79 Å². The van der Waals surface area contributed by atoms with Gasteiger partial charge in [-0.2, -0.15) is 0 Å². The van der Waals surface area contributed by atoms with Gasteiger partial charge < -0.3 is 20.3 Å². The van der Waals surface area contributed by atoms with E-state index in [2.05, 4.69) is 20.6 Å². The minimum Gasteiger partial charge on any atom is -0.444 e. The molecule has 2 N–H and O–H groups in total. The molecule has 1 saturated carbocycles. The van der Waals surface area contributed by atoms with Gasteiger partial charge in [-0.1, -0.05) is 6.07 Å². The van der Waals surface area contributed by atoms with Crippen molar-refractivity contribution in [3.63, 3.8) is 0 Å². The number of nitrogens with one attached hydrogen (secondary N) is 2. The lowest BCUT2D eigenvalue weighted by molar-refractivity contribution is 0.0238. The molecule has 0 saturated heterocycles. The van der Waals surface area contributed by atoms with Gasteiger partial charge in [0.2, 0.25) is 0 Å². The second-order valence-corrected chi connectivity index (χ2v) is 7.66. The highest BCUT2D eigenvalue weighted by molar-refractivity contribution is 5.79. The summed E-state index contributed by atoms with van der Waals surface area (Å²) in [4.78, 5) is 23.1. The third-order valence-corrected chi connectivity index (χ3v) is 3.97. The van der Waals surface area contributed by atoms with Gasteiger partial charge in [0.1, 0.15) is 5.60 Å². The molecule has 0 aromatic carbocycles. The van der Waals surface area contributed by atoms with Crippen LogP contribution in [0, 0.1) is 0 Å². The molecular formula is C20H33N5O2. The summed E-state index contributed by atoms with van der Waals surface area (Å²) in [6, 6.07) is 6.21. The van der Waals surface area contributed by atoms with Crippen LogP contribution in [0.1, 0.15) is 46.2 Å². The number of guanidine groups is 1. The van der Waals surface area contributed by atoms with Crippen LogP contribution in [0.25, 0.3) is 0 Å². The van der Waals surface area contributed by atoms with E-state index in [1.165, 1.54) is 0 Å². The smallest absolute Gasteiger partial charge is 0.410 e. The Hall–Kier alpha value is -2.31. The van der Waals surface area contributed by atoms with Gasteiger partial charge >= 0.3 is 6.09 Å². The molecular weight excluding hydrogens is 342 g/mol. The van der Waals surface area contributed by atoms with Crippen LogP contribution in [0.4, 0.5) is 4.79 Å². The molecule has 1 fully saturated rings. The number of aliphatic imine (C=N–C) groups is 1. The van der Waals surface area contributed by atoms with Crippen LogP contribution in [0.15, 0.2) is 29.4 Å². The van der Waals surface area contributed by atoms with E-state index in [4.69, 9.17) is 4.74 Å². The first kappa shape index (κ1) is 21.0. The normalized spacial score (nSPS) is 14.6. The second kappa shape index (κ2) is 10.1. The lowest BCUT2D eigenvalue weighted by atomic mass is 10.2. The minimum absolute atomic E-state index is 0.233. The predicted octanol–water partition coefficient (Wildman–Crippen LogP) is 2.58. The highest BCUT2D eigenvalue weighted by Crippen LogP contribution is 2.27. The molecule has 1 heterocycles. The summed E-state index contributed by atoms with van der Waals surface area (Å²) in [5.74, 6) is 0.758. The Bertz CT molecular complexity index is 609. The van der Waals surface area contributed by atoms with Gasteiger partial charge in [-0.15, -0.1) is 0 Å². The summed E-state index contributed by atoms with van der Waals surface area (Å²) in [6.07, 6.45) is 4.47. The van der Waals surface area contributed by atoms with Gasteiger partial charge in [0.05, 0.1) is 0 Å². The molecule has 1 aliphatic carbocycles. The van der Waals surface area contributed by atoms with Crippen LogP contribution in [0.2, 0.25) is 0 Å². The van der Waals surface area contributed by atoms with Crippen molar-refractivity contribution in [1.82, 2.24) is 20.5 Å². The van der Waals surface area contributed by atoms with Crippen LogP contribution in [-0.4, -0.2) is 59.8 Å². The van der Waals surface area contributed by atoms with Crippen molar-refractivity contribution >= 4 is 12.1 Å². The Balaban J connectivity index is 1.81. The standard InChI is InChI=1S/C20H33N5O2/c1-5-21-18(23-13-11-16-8-6-7-12-22-16)24-14-15-25(17-9-10-17)19(26)27-20(2,3)4/h6-8,12,17H,5,9-11,13-15H2,1-4H3,(H2,21,23,24). The lowest BCUT2D eigenvalue weighted by Crippen LogP contribution is -2.45. The molecule has 0 spiro atoms. The van der Waals surface area contributed by atoms with E-state index in [1.807, 2.05) is 50.8 Å². The topological polar surface area (TPSA) is 78.9 Å². The Morgan fingerprint density at radius 1 is 1.33 bits per heavy atom. The van der Waals surface area contributed by atoms with E-state index in [0.717, 1.165) is 37.5 Å². The fraction of sp³-hybridized carbons (Fsp3) is 0.650. The van der Waals surface area contributed by atoms with Gasteiger partial charge in [0.25, 0.3) is 0 Å². The van der Waals surface area contributed by atoms with Crippen LogP contribution in [0.3, 0.4) is 0 Å². The average Bonchev–Trinajstić information content (AvgIpc) is 3.42. The van der Waals surface area contributed by atoms with E-state index in [0.29, 0.717) is 25.7 Å². The molecule has 0 aliphatic heterocycles. The van der Waals surface area contributed by atoms with E-state index < -0.39 is 5.60 Å². The summed E-state index contributed by atoms with van der Waals surface area (Å²) in [7, 11) is 0. The predicted molar refractivity (Wildman–Crippen MR) is 108 cm³/mol. The van der Waals surface area contributed by atoms with Gasteiger partial charge in [-0.3, -0.25) is 9.98 Å². The molecule has 0 radical (unpaired) electrons. The minimum atomic E-state index is -0.473. The molecule has 1 aromatic heterocycles. The number of hydrogen-bond donors (Lipinski definition) is 2. The summed E-state index contributed by atoms with van der Waals surface area (Å²) in [6.45, 7) is 10.4. The zero-order valence-electron chi connectivity index (χ0n) is 17.0. The van der Waals surface area contributed by atoms with Crippen LogP contribution in [0.5, 0.6) is 0 Å². The first-order valence-corrected chi connectivity index (χ1v) is 9.80. The maximum absolute atomic E-state index is 12.4. The molecule has 0 atom stereocenters. The Morgan fingerprint density at radius 3 is 2.70 bits per heavy atom. The summed E-state index contributed by atoms with van der Waals surface area (Å²) in [5, 5.41) is 6.55. The first-order chi connectivity index (χ1) is 12.9. The third-order valence-electron chi connectivity index (χ3n) is 3.97. The van der Waals surface area contributed by atoms with Crippen molar-refractivity contribution in [3.05, 3.63) is 30.1 Å². The van der Waals surface area contributed by atoms with Crippen molar-refractivity contribution in [1.29, 1.82) is 0 Å². The van der Waals surface area contributed by atoms with Crippen LogP contribution in [-0.2, 0) is 11.2 Å². The highest BCUT2D eigenvalue weighted by atomic mass is 16.6. The molecule has 7 nitrogen and oxygen atoms in total. The zero-order valence-corrected chi connectivity index (χ0v) is 17.0. The number of carbonyl (C=O) groups is 1. The lowest BCUT2D eigenvalue weighted by Gasteiger charge is -2.27. The molecule has 1 aliphatic rings. The molecule has 150 valence electrons. The summed E-state index contributed by atoms with van der Waals surface area (Å²) < 4.78 is 5.53. The molecule has 7 heteroatoms. The molecule has 0 unspecified atom stereocenters. The maximum Gasteiger partial charge on any atom is 0.410 e. The van der Waals surface area contributed by atoms with Gasteiger partial charge in [-0.05, 0) is 52.7 Å². The number of hydrogen-bond acceptors (Lipinski definition) is 4. The van der Waals surface area contributed by atoms with Crippen molar-refractivity contribution in [3.8, 4) is 0 Å². The zero-order chi connectivity index (χ0) is 19.7. The maximum atomic E-state index is 12.4. The Kier molecular flexibility index (Phi) is 7.88. The number of ether oxygens (including phenoxy) is 1. The van der Waals surface area contributed by atoms with Crippen LogP contribution < -0.4 is 10.6 Å². The van der Waals surface area contributed by atoms with Crippen molar-refractivity contribution in [2.24, 2.45) is 4.99 Å². The average molecular weight is 376 g/mol. The monoisotopic (exact) mass is 375 g/mol. The van der Waals surface area contributed by atoms with Crippen molar-refractivity contribution in [2.75, 3.05) is 26.2 Å². The number of pyridine rings is 1. The fourth-order valence-electron chi connectivity index (χ4n) is 2.59. The first-order valence-electron chi connectivity index (χ1n) is 9.80. The second-order valence-electron chi connectivity index (χ2n) is 7.66. The SMILES string of the molecule is CCNC(=NCCc1ccccn1)NCCN(C(=O)OC(C)(C)C)C1CC1. The van der Waals surface area contributed by atoms with E-state index >= 15 is 0 Å². The van der Waals surface area contributed by atoms with Gasteiger partial charge in [-0.25, -0.2) is 4.79 Å². The Labute approximate surface area is 162 Å². The largest absolute Gasteiger partial charge is 0.444 e.